The fourth-order valence-corrected chi connectivity index (χ4v) is 4.19. The molecule has 6 heteroatoms. The lowest BCUT2D eigenvalue weighted by Crippen LogP contribution is -2.47. The minimum Gasteiger partial charge on any atom is -0.441 e. The summed E-state index contributed by atoms with van der Waals surface area (Å²) in [7, 11) is 0. The van der Waals surface area contributed by atoms with Crippen LogP contribution in [-0.4, -0.2) is 41.1 Å². The van der Waals surface area contributed by atoms with Gasteiger partial charge in [0.05, 0.1) is 12.6 Å². The van der Waals surface area contributed by atoms with E-state index in [0.29, 0.717) is 32.0 Å². The van der Waals surface area contributed by atoms with Crippen molar-refractivity contribution in [1.82, 2.24) is 9.88 Å². The molecule has 3 atom stereocenters. The zero-order valence-corrected chi connectivity index (χ0v) is 16.5. The Bertz CT molecular complexity index is 805. The number of rotatable bonds is 5. The second kappa shape index (κ2) is 8.45. The Morgan fingerprint density at radius 3 is 2.93 bits per heavy atom. The minimum atomic E-state index is -0.0141. The molecule has 1 amide bonds. The average molecular weight is 383 g/mol. The highest BCUT2D eigenvalue weighted by Crippen LogP contribution is 2.31. The smallest absolute Gasteiger partial charge is 0.226 e. The largest absolute Gasteiger partial charge is 0.441 e. The third-order valence-electron chi connectivity index (χ3n) is 5.79. The van der Waals surface area contributed by atoms with Gasteiger partial charge in [-0.1, -0.05) is 25.1 Å². The van der Waals surface area contributed by atoms with E-state index in [1.807, 2.05) is 35.2 Å². The van der Waals surface area contributed by atoms with Gasteiger partial charge in [0, 0.05) is 37.1 Å². The molecule has 0 unspecified atom stereocenters. The Balaban J connectivity index is 1.42. The molecule has 1 saturated carbocycles. The second-order valence-electron chi connectivity index (χ2n) is 7.85. The van der Waals surface area contributed by atoms with Crippen molar-refractivity contribution in [2.75, 3.05) is 13.2 Å². The maximum Gasteiger partial charge on any atom is 0.226 e. The molecule has 1 aromatic heterocycles. The van der Waals surface area contributed by atoms with Crippen molar-refractivity contribution in [2.45, 2.75) is 57.7 Å². The molecule has 0 saturated heterocycles. The Morgan fingerprint density at radius 1 is 1.32 bits per heavy atom. The predicted molar refractivity (Wildman–Crippen MR) is 106 cm³/mol. The average Bonchev–Trinajstić information content (AvgIpc) is 3.17. The highest BCUT2D eigenvalue weighted by Gasteiger charge is 2.36. The molecular weight excluding hydrogens is 354 g/mol. The van der Waals surface area contributed by atoms with Crippen LogP contribution in [0.15, 0.2) is 34.7 Å². The number of hydrogen-bond acceptors (Lipinski definition) is 5. The first-order valence-electron chi connectivity index (χ1n) is 10.4. The Hall–Kier alpha value is -2.18. The van der Waals surface area contributed by atoms with Gasteiger partial charge in [-0.25, -0.2) is 4.98 Å². The van der Waals surface area contributed by atoms with Gasteiger partial charge in [-0.05, 0) is 37.8 Å². The highest BCUT2D eigenvalue weighted by molar-refractivity contribution is 5.79. The summed E-state index contributed by atoms with van der Waals surface area (Å²) >= 11 is 0. The van der Waals surface area contributed by atoms with Crippen molar-refractivity contribution >= 4 is 5.91 Å². The van der Waals surface area contributed by atoms with Gasteiger partial charge in [-0.15, -0.1) is 0 Å². The molecule has 1 aliphatic carbocycles. The first kappa shape index (κ1) is 19.2. The van der Waals surface area contributed by atoms with Crippen molar-refractivity contribution in [3.63, 3.8) is 0 Å². The van der Waals surface area contributed by atoms with Gasteiger partial charge in [-0.2, -0.15) is 0 Å². The maximum absolute atomic E-state index is 13.1. The topological polar surface area (TPSA) is 81.6 Å². The van der Waals surface area contributed by atoms with Gasteiger partial charge >= 0.3 is 0 Å². The van der Waals surface area contributed by atoms with Crippen LogP contribution in [0.3, 0.4) is 0 Å². The van der Waals surface area contributed by atoms with Gasteiger partial charge in [-0.3, -0.25) is 4.79 Å². The zero-order valence-electron chi connectivity index (χ0n) is 16.5. The second-order valence-corrected chi connectivity index (χ2v) is 7.85. The molecular formula is C22H29N3O3. The lowest BCUT2D eigenvalue weighted by Gasteiger charge is -2.36. The summed E-state index contributed by atoms with van der Waals surface area (Å²) in [4.78, 5) is 19.7. The first-order chi connectivity index (χ1) is 13.7. The van der Waals surface area contributed by atoms with E-state index >= 15 is 0 Å². The number of fused-ring (bicyclic) bond motifs is 1. The van der Waals surface area contributed by atoms with E-state index in [0.717, 1.165) is 42.7 Å². The lowest BCUT2D eigenvalue weighted by atomic mass is 9.83. The summed E-state index contributed by atoms with van der Waals surface area (Å²) in [5.41, 5.74) is 8.05. The monoisotopic (exact) mass is 383 g/mol. The molecule has 150 valence electrons. The van der Waals surface area contributed by atoms with Crippen LogP contribution in [0.1, 0.15) is 44.1 Å². The van der Waals surface area contributed by atoms with E-state index in [4.69, 9.17) is 14.9 Å². The fourth-order valence-electron chi connectivity index (χ4n) is 4.19. The Kier molecular flexibility index (Phi) is 5.78. The van der Waals surface area contributed by atoms with E-state index in [-0.39, 0.29) is 24.0 Å². The quantitative estimate of drug-likeness (QED) is 0.858. The predicted octanol–water partition coefficient (Wildman–Crippen LogP) is 3.15. The van der Waals surface area contributed by atoms with Crippen molar-refractivity contribution in [3.8, 4) is 11.5 Å². The SMILES string of the molecule is CCCO[C@@H]1C[C@@H](C(=O)N2CCc3oc(-c4ccccc4)nc3C2)CC[C@H]1N. The van der Waals surface area contributed by atoms with E-state index in [2.05, 4.69) is 11.9 Å². The number of carbonyl (C=O) groups excluding carboxylic acids is 1. The van der Waals surface area contributed by atoms with E-state index in [1.54, 1.807) is 0 Å². The van der Waals surface area contributed by atoms with Gasteiger partial charge < -0.3 is 19.8 Å². The molecule has 2 heterocycles. The highest BCUT2D eigenvalue weighted by atomic mass is 16.5. The van der Waals surface area contributed by atoms with Crippen LogP contribution in [-0.2, 0) is 22.5 Å². The number of oxazole rings is 1. The number of aromatic nitrogens is 1. The maximum atomic E-state index is 13.1. The summed E-state index contributed by atoms with van der Waals surface area (Å²) < 4.78 is 11.9. The van der Waals surface area contributed by atoms with Gasteiger partial charge in [0.15, 0.2) is 0 Å². The van der Waals surface area contributed by atoms with Crippen molar-refractivity contribution in [1.29, 1.82) is 0 Å². The molecule has 1 aromatic carbocycles. The molecule has 0 bridgehead atoms. The van der Waals surface area contributed by atoms with Crippen LogP contribution < -0.4 is 5.73 Å². The van der Waals surface area contributed by atoms with Crippen molar-refractivity contribution in [3.05, 3.63) is 41.8 Å². The van der Waals surface area contributed by atoms with E-state index < -0.39 is 0 Å². The summed E-state index contributed by atoms with van der Waals surface area (Å²) in [6.45, 7) is 3.99. The van der Waals surface area contributed by atoms with Crippen LogP contribution in [0.4, 0.5) is 0 Å². The minimum absolute atomic E-state index is 0.0105. The van der Waals surface area contributed by atoms with Gasteiger partial charge in [0.1, 0.15) is 11.5 Å². The fraction of sp³-hybridized carbons (Fsp3) is 0.545. The Labute approximate surface area is 166 Å². The molecule has 0 spiro atoms. The molecule has 4 rings (SSSR count). The summed E-state index contributed by atoms with van der Waals surface area (Å²) in [6, 6.07) is 9.93. The number of benzene rings is 1. The van der Waals surface area contributed by atoms with Crippen LogP contribution >= 0.6 is 0 Å². The first-order valence-corrected chi connectivity index (χ1v) is 10.4. The molecule has 28 heavy (non-hydrogen) atoms. The zero-order chi connectivity index (χ0) is 19.5. The third-order valence-corrected chi connectivity index (χ3v) is 5.79. The van der Waals surface area contributed by atoms with Crippen LogP contribution in [0.25, 0.3) is 11.5 Å². The molecule has 1 fully saturated rings. The molecule has 2 N–H and O–H groups in total. The number of amides is 1. The van der Waals surface area contributed by atoms with Crippen molar-refractivity contribution < 1.29 is 13.9 Å². The Morgan fingerprint density at radius 2 is 2.14 bits per heavy atom. The number of carbonyl (C=O) groups is 1. The number of hydrogen-bond donors (Lipinski definition) is 1. The summed E-state index contributed by atoms with van der Waals surface area (Å²) in [5.74, 6) is 1.73. The van der Waals surface area contributed by atoms with Crippen molar-refractivity contribution in [2.24, 2.45) is 11.7 Å². The van der Waals surface area contributed by atoms with E-state index in [1.165, 1.54) is 0 Å². The van der Waals surface area contributed by atoms with Crippen LogP contribution in [0.2, 0.25) is 0 Å². The molecule has 2 aromatic rings. The molecule has 6 nitrogen and oxygen atoms in total. The van der Waals surface area contributed by atoms with E-state index in [9.17, 15) is 4.79 Å². The summed E-state index contributed by atoms with van der Waals surface area (Å²) in [6.07, 6.45) is 4.06. The standard InChI is InChI=1S/C22H29N3O3/c1-2-12-27-20-13-16(8-9-17(20)23)22(26)25-11-10-19-18(14-25)24-21(28-19)15-6-4-3-5-7-15/h3-7,16-17,20H,2,8-14,23H2,1H3/t16-,17+,20+/m0/s1. The number of nitrogens with two attached hydrogens (primary N) is 1. The summed E-state index contributed by atoms with van der Waals surface area (Å²) in [5, 5.41) is 0. The third kappa shape index (κ3) is 3.98. The molecule has 0 radical (unpaired) electrons. The van der Waals surface area contributed by atoms with Gasteiger partial charge in [0.25, 0.3) is 0 Å². The van der Waals surface area contributed by atoms with Crippen LogP contribution in [0.5, 0.6) is 0 Å². The molecule has 2 aliphatic rings. The van der Waals surface area contributed by atoms with Gasteiger partial charge in [0.2, 0.25) is 11.8 Å². The van der Waals surface area contributed by atoms with Crippen LogP contribution in [0, 0.1) is 5.92 Å². The number of ether oxygens (including phenoxy) is 1. The number of nitrogens with zero attached hydrogens (tertiary/aromatic N) is 2. The lowest BCUT2D eigenvalue weighted by molar-refractivity contribution is -0.140. The molecule has 1 aliphatic heterocycles. The normalized spacial score (nSPS) is 24.8.